The van der Waals surface area contributed by atoms with Crippen LogP contribution < -0.4 is 0 Å². The Morgan fingerprint density at radius 1 is 1.12 bits per heavy atom. The third-order valence-electron chi connectivity index (χ3n) is 4.36. The zero-order chi connectivity index (χ0) is 18.4. The summed E-state index contributed by atoms with van der Waals surface area (Å²) in [6, 6.07) is 2.55. The Morgan fingerprint density at radius 3 is 2.24 bits per heavy atom. The average molecular weight is 397 g/mol. The minimum Gasteiger partial charge on any atom is -0.340 e. The molecule has 1 heterocycles. The number of nitrogens with zero attached hydrogens (tertiary/aromatic N) is 2. The van der Waals surface area contributed by atoms with Crippen molar-refractivity contribution in [2.45, 2.75) is 23.9 Å². The number of amides is 1. The van der Waals surface area contributed by atoms with Gasteiger partial charge >= 0.3 is 6.18 Å². The fraction of sp³-hybridized carbons (Fsp3) is 0.533. The number of halogens is 4. The summed E-state index contributed by atoms with van der Waals surface area (Å²) >= 11 is 5.53. The maximum absolute atomic E-state index is 12.9. The number of benzene rings is 1. The molecule has 1 aromatic carbocycles. The number of alkyl halides is 3. The quantitative estimate of drug-likeness (QED) is 0.789. The molecule has 1 saturated carbocycles. The van der Waals surface area contributed by atoms with Crippen molar-refractivity contribution in [3.8, 4) is 0 Å². The molecule has 1 aliphatic heterocycles. The second-order valence-electron chi connectivity index (χ2n) is 6.14. The van der Waals surface area contributed by atoms with Crippen LogP contribution in [0.15, 0.2) is 23.1 Å². The number of hydrogen-bond acceptors (Lipinski definition) is 3. The molecule has 0 bridgehead atoms. The number of carbonyl (C=O) groups excluding carboxylic acids is 1. The highest BCUT2D eigenvalue weighted by Gasteiger charge is 2.38. The normalized spacial score (nSPS) is 19.9. The zero-order valence-electron chi connectivity index (χ0n) is 13.1. The Hall–Kier alpha value is -1.32. The molecule has 5 nitrogen and oxygen atoms in total. The van der Waals surface area contributed by atoms with E-state index in [1.165, 1.54) is 0 Å². The van der Waals surface area contributed by atoms with Crippen LogP contribution in [0.4, 0.5) is 13.2 Å². The lowest BCUT2D eigenvalue weighted by Gasteiger charge is -2.34. The minimum atomic E-state index is -4.74. The summed E-state index contributed by atoms with van der Waals surface area (Å²) in [5.41, 5.74) is -1.18. The number of sulfonamides is 1. The van der Waals surface area contributed by atoms with E-state index in [1.54, 1.807) is 4.90 Å². The predicted molar refractivity (Wildman–Crippen MR) is 84.5 cm³/mol. The summed E-state index contributed by atoms with van der Waals surface area (Å²) in [5, 5.41) is -0.550. The summed E-state index contributed by atoms with van der Waals surface area (Å²) < 4.78 is 65.2. The molecule has 2 aliphatic rings. The Kier molecular flexibility index (Phi) is 4.76. The molecule has 0 unspecified atom stereocenters. The van der Waals surface area contributed by atoms with Crippen LogP contribution in [0, 0.1) is 5.92 Å². The number of hydrogen-bond donors (Lipinski definition) is 0. The fourth-order valence-electron chi connectivity index (χ4n) is 2.77. The molecule has 1 amide bonds. The van der Waals surface area contributed by atoms with E-state index < -0.39 is 31.7 Å². The maximum atomic E-state index is 12.9. The molecule has 10 heteroatoms. The van der Waals surface area contributed by atoms with Crippen molar-refractivity contribution in [2.75, 3.05) is 26.2 Å². The third-order valence-corrected chi connectivity index (χ3v) is 6.58. The topological polar surface area (TPSA) is 57.7 Å². The van der Waals surface area contributed by atoms with Crippen LogP contribution in [0.25, 0.3) is 0 Å². The SMILES string of the molecule is O=C(C1CC1)N1CCN(S(=O)(=O)c2ccc(Cl)c(C(F)(F)F)c2)CC1. The van der Waals surface area contributed by atoms with Crippen molar-refractivity contribution in [1.82, 2.24) is 9.21 Å². The molecule has 0 aromatic heterocycles. The van der Waals surface area contributed by atoms with E-state index in [2.05, 4.69) is 0 Å². The summed E-state index contributed by atoms with van der Waals surface area (Å²) in [6.07, 6.45) is -3.01. The maximum Gasteiger partial charge on any atom is 0.417 e. The van der Waals surface area contributed by atoms with E-state index in [4.69, 9.17) is 11.6 Å². The van der Waals surface area contributed by atoms with Gasteiger partial charge in [0.15, 0.2) is 0 Å². The molecule has 1 aromatic rings. The molecule has 138 valence electrons. The lowest BCUT2D eigenvalue weighted by molar-refractivity contribution is -0.137. The van der Waals surface area contributed by atoms with Gasteiger partial charge in [-0.1, -0.05) is 11.6 Å². The predicted octanol–water partition coefficient (Wildman–Crippen LogP) is 2.60. The lowest BCUT2D eigenvalue weighted by Crippen LogP contribution is -2.50. The third kappa shape index (κ3) is 3.78. The molecular weight excluding hydrogens is 381 g/mol. The van der Waals surface area contributed by atoms with E-state index in [1.807, 2.05) is 0 Å². The summed E-state index contributed by atoms with van der Waals surface area (Å²) in [6.45, 7) is 0.609. The Labute approximate surface area is 148 Å². The summed E-state index contributed by atoms with van der Waals surface area (Å²) in [4.78, 5) is 13.2. The highest BCUT2D eigenvalue weighted by atomic mass is 35.5. The largest absolute Gasteiger partial charge is 0.417 e. The van der Waals surface area contributed by atoms with Gasteiger partial charge in [-0.2, -0.15) is 17.5 Å². The van der Waals surface area contributed by atoms with Crippen molar-refractivity contribution < 1.29 is 26.4 Å². The van der Waals surface area contributed by atoms with Crippen LogP contribution >= 0.6 is 11.6 Å². The molecule has 1 aliphatic carbocycles. The van der Waals surface area contributed by atoms with Crippen LogP contribution in [0.3, 0.4) is 0 Å². The summed E-state index contributed by atoms with van der Waals surface area (Å²) in [7, 11) is -4.08. The first kappa shape index (κ1) is 18.5. The van der Waals surface area contributed by atoms with E-state index in [-0.39, 0.29) is 38.0 Å². The van der Waals surface area contributed by atoms with Gasteiger partial charge < -0.3 is 4.90 Å². The van der Waals surface area contributed by atoms with Crippen LogP contribution in [-0.2, 0) is 21.0 Å². The lowest BCUT2D eigenvalue weighted by atomic mass is 10.2. The van der Waals surface area contributed by atoms with E-state index in [9.17, 15) is 26.4 Å². The average Bonchev–Trinajstić information content (AvgIpc) is 3.38. The molecule has 0 radical (unpaired) electrons. The van der Waals surface area contributed by atoms with Crippen molar-refractivity contribution in [3.05, 3.63) is 28.8 Å². The first-order valence-electron chi connectivity index (χ1n) is 7.76. The molecule has 1 saturated heterocycles. The van der Waals surface area contributed by atoms with Crippen molar-refractivity contribution in [1.29, 1.82) is 0 Å². The molecule has 3 rings (SSSR count). The van der Waals surface area contributed by atoms with Crippen LogP contribution in [0.5, 0.6) is 0 Å². The van der Waals surface area contributed by atoms with Gasteiger partial charge in [0.2, 0.25) is 15.9 Å². The van der Waals surface area contributed by atoms with E-state index in [0.29, 0.717) is 6.07 Å². The highest BCUT2D eigenvalue weighted by Crippen LogP contribution is 2.36. The molecular formula is C15H16ClF3N2O3S. The van der Waals surface area contributed by atoms with Crippen LogP contribution in [0.1, 0.15) is 18.4 Å². The number of piperazine rings is 1. The first-order chi connectivity index (χ1) is 11.6. The molecule has 2 fully saturated rings. The molecule has 0 N–H and O–H groups in total. The van der Waals surface area contributed by atoms with Crippen LogP contribution in [-0.4, -0.2) is 49.7 Å². The van der Waals surface area contributed by atoms with Gasteiger partial charge in [-0.15, -0.1) is 0 Å². The Bertz CT molecular complexity index is 786. The molecule has 0 atom stereocenters. The highest BCUT2D eigenvalue weighted by molar-refractivity contribution is 7.89. The Morgan fingerprint density at radius 2 is 1.72 bits per heavy atom. The first-order valence-corrected chi connectivity index (χ1v) is 9.58. The Balaban J connectivity index is 1.77. The zero-order valence-corrected chi connectivity index (χ0v) is 14.7. The van der Waals surface area contributed by atoms with Gasteiger partial charge in [-0.25, -0.2) is 8.42 Å². The second kappa shape index (κ2) is 6.44. The van der Waals surface area contributed by atoms with Gasteiger partial charge in [-0.05, 0) is 31.0 Å². The summed E-state index contributed by atoms with van der Waals surface area (Å²) in [5.74, 6) is 0.0802. The van der Waals surface area contributed by atoms with Gasteiger partial charge in [0.05, 0.1) is 15.5 Å². The fourth-order valence-corrected chi connectivity index (χ4v) is 4.44. The van der Waals surface area contributed by atoms with E-state index in [0.717, 1.165) is 29.3 Å². The van der Waals surface area contributed by atoms with Gasteiger partial charge in [-0.3, -0.25) is 4.79 Å². The van der Waals surface area contributed by atoms with Gasteiger partial charge in [0.25, 0.3) is 0 Å². The number of carbonyl (C=O) groups is 1. The smallest absolute Gasteiger partial charge is 0.340 e. The van der Waals surface area contributed by atoms with Gasteiger partial charge in [0, 0.05) is 32.1 Å². The van der Waals surface area contributed by atoms with Crippen molar-refractivity contribution >= 4 is 27.5 Å². The van der Waals surface area contributed by atoms with E-state index >= 15 is 0 Å². The van der Waals surface area contributed by atoms with Gasteiger partial charge in [0.1, 0.15) is 0 Å². The minimum absolute atomic E-state index is 0.0305. The molecule has 0 spiro atoms. The van der Waals surface area contributed by atoms with Crippen LogP contribution in [0.2, 0.25) is 5.02 Å². The van der Waals surface area contributed by atoms with Crippen molar-refractivity contribution in [3.63, 3.8) is 0 Å². The molecule has 25 heavy (non-hydrogen) atoms. The monoisotopic (exact) mass is 396 g/mol. The number of rotatable bonds is 3. The standard InChI is InChI=1S/C15H16ClF3N2O3S/c16-13-4-3-11(9-12(13)15(17,18)19)25(23,24)21-7-5-20(6-8-21)14(22)10-1-2-10/h3-4,9-10H,1-2,5-8H2. The van der Waals surface area contributed by atoms with Crippen molar-refractivity contribution in [2.24, 2.45) is 5.92 Å². The second-order valence-corrected chi connectivity index (χ2v) is 8.49.